The Labute approximate surface area is 176 Å². The van der Waals surface area contributed by atoms with Crippen molar-refractivity contribution in [3.8, 4) is 5.75 Å². The molecule has 29 heavy (non-hydrogen) atoms. The van der Waals surface area contributed by atoms with Crippen LogP contribution >= 0.6 is 0 Å². The Bertz CT molecular complexity index is 640. The molecule has 5 heteroatoms. The van der Waals surface area contributed by atoms with Gasteiger partial charge in [-0.1, -0.05) is 20.3 Å². The highest BCUT2D eigenvalue weighted by molar-refractivity contribution is 5.97. The van der Waals surface area contributed by atoms with Crippen molar-refractivity contribution in [1.82, 2.24) is 4.90 Å². The first-order valence-electron chi connectivity index (χ1n) is 11.3. The Balaban J connectivity index is 1.42. The molecule has 1 saturated heterocycles. The summed E-state index contributed by atoms with van der Waals surface area (Å²) in [6, 6.07) is 7.69. The number of hydrogen-bond donors (Lipinski definition) is 1. The number of nitrogens with zero attached hydrogens (tertiary/aromatic N) is 1. The molecule has 1 aromatic carbocycles. The predicted octanol–water partition coefficient (Wildman–Crippen LogP) is 4.72. The van der Waals surface area contributed by atoms with Gasteiger partial charge < -0.3 is 19.7 Å². The van der Waals surface area contributed by atoms with Crippen LogP contribution < -0.4 is 10.1 Å². The van der Waals surface area contributed by atoms with Crippen molar-refractivity contribution >= 4 is 11.6 Å². The lowest BCUT2D eigenvalue weighted by atomic mass is 9.78. The highest BCUT2D eigenvalue weighted by Gasteiger charge is 2.41. The minimum Gasteiger partial charge on any atom is -0.494 e. The SMILES string of the molecule is CO[C@]1(C(=O)Nc2ccc(OCCCN3CCC(C)CC3)cc2)CCC[C@@H](C)C1. The molecule has 1 aliphatic heterocycles. The van der Waals surface area contributed by atoms with Crippen molar-refractivity contribution in [3.05, 3.63) is 24.3 Å². The number of amides is 1. The molecule has 1 N–H and O–H groups in total. The van der Waals surface area contributed by atoms with Gasteiger partial charge in [-0.25, -0.2) is 0 Å². The molecule has 162 valence electrons. The van der Waals surface area contributed by atoms with E-state index in [2.05, 4.69) is 24.1 Å². The summed E-state index contributed by atoms with van der Waals surface area (Å²) in [4.78, 5) is 15.4. The summed E-state index contributed by atoms with van der Waals surface area (Å²) < 4.78 is 11.6. The van der Waals surface area contributed by atoms with E-state index in [9.17, 15) is 4.79 Å². The number of hydrogen-bond acceptors (Lipinski definition) is 4. The Morgan fingerprint density at radius 1 is 1.14 bits per heavy atom. The second-order valence-electron chi connectivity index (χ2n) is 9.10. The fourth-order valence-corrected chi connectivity index (χ4v) is 4.63. The lowest BCUT2D eigenvalue weighted by molar-refractivity contribution is -0.143. The topological polar surface area (TPSA) is 50.8 Å². The summed E-state index contributed by atoms with van der Waals surface area (Å²) in [5.41, 5.74) is 0.0958. The summed E-state index contributed by atoms with van der Waals surface area (Å²) in [6.45, 7) is 8.81. The molecule has 1 amide bonds. The van der Waals surface area contributed by atoms with Crippen molar-refractivity contribution in [2.45, 2.75) is 64.4 Å². The first kappa shape index (κ1) is 22.1. The highest BCUT2D eigenvalue weighted by Crippen LogP contribution is 2.35. The van der Waals surface area contributed by atoms with E-state index in [4.69, 9.17) is 9.47 Å². The number of benzene rings is 1. The molecule has 0 aromatic heterocycles. The summed E-state index contributed by atoms with van der Waals surface area (Å²) in [6.07, 6.45) is 7.45. The largest absolute Gasteiger partial charge is 0.494 e. The molecule has 2 aliphatic rings. The summed E-state index contributed by atoms with van der Waals surface area (Å²) in [7, 11) is 1.65. The third kappa shape index (κ3) is 6.19. The van der Waals surface area contributed by atoms with Gasteiger partial charge in [-0.3, -0.25) is 4.79 Å². The number of methoxy groups -OCH3 is 1. The predicted molar refractivity (Wildman–Crippen MR) is 117 cm³/mol. The number of piperidine rings is 1. The zero-order chi connectivity index (χ0) is 20.7. The van der Waals surface area contributed by atoms with Gasteiger partial charge in [0.25, 0.3) is 5.91 Å². The molecular weight excluding hydrogens is 364 g/mol. The second-order valence-corrected chi connectivity index (χ2v) is 9.10. The number of carbonyl (C=O) groups excluding carboxylic acids is 1. The van der Waals surface area contributed by atoms with E-state index in [1.165, 1.54) is 32.4 Å². The van der Waals surface area contributed by atoms with Gasteiger partial charge in [0.1, 0.15) is 11.4 Å². The summed E-state index contributed by atoms with van der Waals surface area (Å²) in [5, 5.41) is 3.04. The van der Waals surface area contributed by atoms with E-state index in [1.54, 1.807) is 7.11 Å². The van der Waals surface area contributed by atoms with Gasteiger partial charge in [-0.05, 0) is 87.7 Å². The fourth-order valence-electron chi connectivity index (χ4n) is 4.63. The van der Waals surface area contributed by atoms with Crippen LogP contribution in [0.25, 0.3) is 0 Å². The Morgan fingerprint density at radius 3 is 2.52 bits per heavy atom. The maximum atomic E-state index is 12.9. The van der Waals surface area contributed by atoms with E-state index in [0.29, 0.717) is 5.92 Å². The molecule has 0 bridgehead atoms. The second kappa shape index (κ2) is 10.4. The minimum absolute atomic E-state index is 0.0314. The van der Waals surface area contributed by atoms with Gasteiger partial charge in [0.15, 0.2) is 0 Å². The lowest BCUT2D eigenvalue weighted by Gasteiger charge is -2.37. The van der Waals surface area contributed by atoms with Crippen LogP contribution in [0.4, 0.5) is 5.69 Å². The number of rotatable bonds is 8. The van der Waals surface area contributed by atoms with Crippen molar-refractivity contribution < 1.29 is 14.3 Å². The molecule has 2 fully saturated rings. The molecule has 1 aromatic rings. The lowest BCUT2D eigenvalue weighted by Crippen LogP contribution is -2.47. The Morgan fingerprint density at radius 2 is 1.86 bits per heavy atom. The number of nitrogens with one attached hydrogen (secondary N) is 1. The van der Waals surface area contributed by atoms with E-state index in [-0.39, 0.29) is 5.91 Å². The molecule has 5 nitrogen and oxygen atoms in total. The van der Waals surface area contributed by atoms with Gasteiger partial charge in [-0.15, -0.1) is 0 Å². The molecule has 3 rings (SSSR count). The fraction of sp³-hybridized carbons (Fsp3) is 0.708. The maximum absolute atomic E-state index is 12.9. The first-order chi connectivity index (χ1) is 14.0. The van der Waals surface area contributed by atoms with Crippen molar-refractivity contribution in [1.29, 1.82) is 0 Å². The quantitative estimate of drug-likeness (QED) is 0.639. The molecule has 1 saturated carbocycles. The minimum atomic E-state index is -0.695. The molecule has 2 atom stereocenters. The summed E-state index contributed by atoms with van der Waals surface area (Å²) in [5.74, 6) is 2.21. The van der Waals surface area contributed by atoms with Crippen molar-refractivity contribution in [2.24, 2.45) is 11.8 Å². The van der Waals surface area contributed by atoms with E-state index >= 15 is 0 Å². The van der Waals surface area contributed by atoms with E-state index in [0.717, 1.165) is 56.2 Å². The van der Waals surface area contributed by atoms with Crippen LogP contribution in [0.1, 0.15) is 58.8 Å². The highest BCUT2D eigenvalue weighted by atomic mass is 16.5. The standard InChI is InChI=1S/C24H38N2O3/c1-19-11-15-26(16-12-19)14-5-17-29-22-9-7-21(8-10-22)25-23(27)24(28-3)13-4-6-20(2)18-24/h7-10,19-20H,4-6,11-18H2,1-3H3,(H,25,27)/t20-,24-/m1/s1. The van der Waals surface area contributed by atoms with Gasteiger partial charge in [0.05, 0.1) is 6.61 Å². The molecule has 0 radical (unpaired) electrons. The van der Waals surface area contributed by atoms with Gasteiger partial charge in [0.2, 0.25) is 0 Å². The molecule has 0 unspecified atom stereocenters. The van der Waals surface area contributed by atoms with Crippen LogP contribution in [-0.4, -0.2) is 49.8 Å². The van der Waals surface area contributed by atoms with E-state index in [1.807, 2.05) is 24.3 Å². The maximum Gasteiger partial charge on any atom is 0.256 e. The van der Waals surface area contributed by atoms with Gasteiger partial charge in [0, 0.05) is 19.3 Å². The Kier molecular flexibility index (Phi) is 7.96. The third-order valence-electron chi connectivity index (χ3n) is 6.64. The van der Waals surface area contributed by atoms with Crippen LogP contribution in [0.5, 0.6) is 5.75 Å². The Hall–Kier alpha value is -1.59. The van der Waals surface area contributed by atoms with Gasteiger partial charge in [-0.2, -0.15) is 0 Å². The van der Waals surface area contributed by atoms with Gasteiger partial charge >= 0.3 is 0 Å². The number of anilines is 1. The smallest absolute Gasteiger partial charge is 0.256 e. The normalized spacial score (nSPS) is 26.2. The zero-order valence-electron chi connectivity index (χ0n) is 18.4. The van der Waals surface area contributed by atoms with Crippen LogP contribution in [0, 0.1) is 11.8 Å². The van der Waals surface area contributed by atoms with Crippen molar-refractivity contribution in [3.63, 3.8) is 0 Å². The van der Waals surface area contributed by atoms with Crippen LogP contribution in [0.2, 0.25) is 0 Å². The number of likely N-dealkylation sites (tertiary alicyclic amines) is 1. The molecule has 1 heterocycles. The number of carbonyl (C=O) groups is 1. The first-order valence-corrected chi connectivity index (χ1v) is 11.3. The summed E-state index contributed by atoms with van der Waals surface area (Å²) >= 11 is 0. The number of ether oxygens (including phenoxy) is 2. The zero-order valence-corrected chi connectivity index (χ0v) is 18.4. The van der Waals surface area contributed by atoms with Crippen molar-refractivity contribution in [2.75, 3.05) is 38.7 Å². The average Bonchev–Trinajstić information content (AvgIpc) is 2.73. The van der Waals surface area contributed by atoms with Crippen LogP contribution in [0.3, 0.4) is 0 Å². The molecule has 1 aliphatic carbocycles. The third-order valence-corrected chi connectivity index (χ3v) is 6.64. The monoisotopic (exact) mass is 402 g/mol. The van der Waals surface area contributed by atoms with Crippen LogP contribution in [0.15, 0.2) is 24.3 Å². The molecular formula is C24H38N2O3. The van der Waals surface area contributed by atoms with Crippen LogP contribution in [-0.2, 0) is 9.53 Å². The van der Waals surface area contributed by atoms with E-state index < -0.39 is 5.60 Å². The average molecular weight is 403 g/mol. The molecule has 0 spiro atoms.